The first-order valence-corrected chi connectivity index (χ1v) is 5.19. The maximum Gasteiger partial charge on any atom is 0.411 e. The zero-order valence-corrected chi connectivity index (χ0v) is 8.70. The number of hydrogen-bond acceptors (Lipinski definition) is 4. The van der Waals surface area contributed by atoms with Gasteiger partial charge >= 0.3 is 6.18 Å². The van der Waals surface area contributed by atoms with Crippen LogP contribution in [-0.2, 0) is 11.3 Å². The van der Waals surface area contributed by atoms with Crippen molar-refractivity contribution in [2.75, 3.05) is 19.8 Å². The average molecular weight is 240 g/mol. The molecule has 3 nitrogen and oxygen atoms in total. The van der Waals surface area contributed by atoms with Gasteiger partial charge in [0, 0.05) is 24.7 Å². The predicted molar refractivity (Wildman–Crippen MR) is 50.7 cm³/mol. The summed E-state index contributed by atoms with van der Waals surface area (Å²) in [5.74, 6) is 0. The van der Waals surface area contributed by atoms with E-state index in [0.717, 1.165) is 5.01 Å². The van der Waals surface area contributed by atoms with E-state index in [-0.39, 0.29) is 6.61 Å². The predicted octanol–water partition coefficient (Wildman–Crippen LogP) is 1.81. The standard InChI is InChI=1S/C8H11F3N2OS/c9-8(10,11)6-14-3-1-12-5-7-13-2-4-15-7/h2,4,12H,1,3,5-6H2. The molecule has 15 heavy (non-hydrogen) atoms. The summed E-state index contributed by atoms with van der Waals surface area (Å²) in [6, 6.07) is 0. The van der Waals surface area contributed by atoms with Crippen LogP contribution in [0.2, 0.25) is 0 Å². The van der Waals surface area contributed by atoms with Crippen molar-refractivity contribution in [2.45, 2.75) is 12.7 Å². The lowest BCUT2D eigenvalue weighted by Crippen LogP contribution is -2.23. The third-order valence-electron chi connectivity index (χ3n) is 1.45. The van der Waals surface area contributed by atoms with Crippen molar-refractivity contribution in [2.24, 2.45) is 0 Å². The molecule has 0 aliphatic carbocycles. The summed E-state index contributed by atoms with van der Waals surface area (Å²) in [5.41, 5.74) is 0. The van der Waals surface area contributed by atoms with Gasteiger partial charge in [0.1, 0.15) is 11.6 Å². The second-order valence-electron chi connectivity index (χ2n) is 2.77. The Hall–Kier alpha value is -0.660. The lowest BCUT2D eigenvalue weighted by atomic mass is 10.6. The Kier molecular flexibility index (Phi) is 5.00. The number of rotatable bonds is 6. The molecule has 0 saturated carbocycles. The van der Waals surface area contributed by atoms with Gasteiger partial charge in [-0.1, -0.05) is 0 Å². The fraction of sp³-hybridized carbons (Fsp3) is 0.625. The molecule has 0 atom stereocenters. The molecule has 0 amide bonds. The smallest absolute Gasteiger partial charge is 0.371 e. The molecule has 1 aromatic heterocycles. The minimum atomic E-state index is -4.24. The molecule has 0 aliphatic heterocycles. The number of nitrogens with zero attached hydrogens (tertiary/aromatic N) is 1. The molecule has 1 rings (SSSR count). The van der Waals surface area contributed by atoms with Crippen LogP contribution in [0.5, 0.6) is 0 Å². The van der Waals surface area contributed by atoms with Crippen LogP contribution in [0.3, 0.4) is 0 Å². The molecular formula is C8H11F3N2OS. The number of nitrogens with one attached hydrogen (secondary N) is 1. The van der Waals surface area contributed by atoms with E-state index < -0.39 is 12.8 Å². The molecule has 1 aromatic rings. The normalized spacial score (nSPS) is 11.9. The molecule has 7 heteroatoms. The highest BCUT2D eigenvalue weighted by atomic mass is 32.1. The zero-order chi connectivity index (χ0) is 11.1. The number of alkyl halides is 3. The Bertz CT molecular complexity index is 263. The first-order chi connectivity index (χ1) is 7.08. The van der Waals surface area contributed by atoms with Crippen LogP contribution in [0.15, 0.2) is 11.6 Å². The molecule has 0 unspecified atom stereocenters. The quantitative estimate of drug-likeness (QED) is 0.770. The van der Waals surface area contributed by atoms with E-state index in [1.54, 1.807) is 6.20 Å². The summed E-state index contributed by atoms with van der Waals surface area (Å²) >= 11 is 1.50. The van der Waals surface area contributed by atoms with Gasteiger partial charge in [0.15, 0.2) is 0 Å². The third kappa shape index (κ3) is 6.43. The maximum absolute atomic E-state index is 11.6. The van der Waals surface area contributed by atoms with Gasteiger partial charge in [-0.25, -0.2) is 4.98 Å². The number of hydrogen-bond donors (Lipinski definition) is 1. The Morgan fingerprint density at radius 1 is 1.47 bits per heavy atom. The monoisotopic (exact) mass is 240 g/mol. The van der Waals surface area contributed by atoms with Crippen LogP contribution < -0.4 is 5.32 Å². The number of thiazole rings is 1. The molecule has 0 radical (unpaired) electrons. The Morgan fingerprint density at radius 2 is 2.27 bits per heavy atom. The summed E-state index contributed by atoms with van der Waals surface area (Å²) in [4.78, 5) is 4.01. The van der Waals surface area contributed by atoms with Crippen molar-refractivity contribution in [3.05, 3.63) is 16.6 Å². The van der Waals surface area contributed by atoms with Gasteiger partial charge in [-0.3, -0.25) is 0 Å². The molecule has 0 aromatic carbocycles. The number of ether oxygens (including phenoxy) is 1. The van der Waals surface area contributed by atoms with Gasteiger partial charge in [-0.2, -0.15) is 13.2 Å². The summed E-state index contributed by atoms with van der Waals surface area (Å²) in [6.45, 7) is -0.195. The van der Waals surface area contributed by atoms with Crippen LogP contribution in [0.25, 0.3) is 0 Å². The zero-order valence-electron chi connectivity index (χ0n) is 7.88. The van der Waals surface area contributed by atoms with E-state index in [0.29, 0.717) is 13.1 Å². The largest absolute Gasteiger partial charge is 0.411 e. The van der Waals surface area contributed by atoms with Crippen LogP contribution >= 0.6 is 11.3 Å². The minimum absolute atomic E-state index is 0.0465. The van der Waals surface area contributed by atoms with Crippen LogP contribution in [0.4, 0.5) is 13.2 Å². The van der Waals surface area contributed by atoms with Gasteiger partial charge in [-0.05, 0) is 0 Å². The van der Waals surface area contributed by atoms with Gasteiger partial charge < -0.3 is 10.1 Å². The van der Waals surface area contributed by atoms with Crippen LogP contribution in [0.1, 0.15) is 5.01 Å². The Balaban J connectivity index is 1.94. The van der Waals surface area contributed by atoms with Crippen molar-refractivity contribution in [1.82, 2.24) is 10.3 Å². The minimum Gasteiger partial charge on any atom is -0.371 e. The highest BCUT2D eigenvalue weighted by Gasteiger charge is 2.27. The fourth-order valence-electron chi connectivity index (χ4n) is 0.868. The van der Waals surface area contributed by atoms with E-state index in [9.17, 15) is 13.2 Å². The number of halogens is 3. The first kappa shape index (κ1) is 12.4. The van der Waals surface area contributed by atoms with Crippen LogP contribution in [0, 0.1) is 0 Å². The lowest BCUT2D eigenvalue weighted by Gasteiger charge is -2.07. The molecule has 1 heterocycles. The SMILES string of the molecule is FC(F)(F)COCCNCc1nccs1. The molecule has 0 aliphatic rings. The highest BCUT2D eigenvalue weighted by Crippen LogP contribution is 2.13. The van der Waals surface area contributed by atoms with E-state index >= 15 is 0 Å². The molecular weight excluding hydrogens is 229 g/mol. The molecule has 86 valence electrons. The molecule has 0 saturated heterocycles. The van der Waals surface area contributed by atoms with E-state index in [2.05, 4.69) is 15.0 Å². The van der Waals surface area contributed by atoms with E-state index in [4.69, 9.17) is 0 Å². The fourth-order valence-corrected chi connectivity index (χ4v) is 1.45. The first-order valence-electron chi connectivity index (χ1n) is 4.31. The van der Waals surface area contributed by atoms with Crippen molar-refractivity contribution in [3.8, 4) is 0 Å². The summed E-state index contributed by atoms with van der Waals surface area (Å²) in [6.07, 6.45) is -2.56. The van der Waals surface area contributed by atoms with Gasteiger partial charge in [0.05, 0.1) is 6.61 Å². The molecule has 1 N–H and O–H groups in total. The lowest BCUT2D eigenvalue weighted by molar-refractivity contribution is -0.173. The van der Waals surface area contributed by atoms with Gasteiger partial charge in [-0.15, -0.1) is 11.3 Å². The molecule has 0 spiro atoms. The summed E-state index contributed by atoms with van der Waals surface area (Å²) < 4.78 is 39.3. The van der Waals surface area contributed by atoms with Crippen LogP contribution in [-0.4, -0.2) is 30.9 Å². The van der Waals surface area contributed by atoms with E-state index in [1.165, 1.54) is 11.3 Å². The number of aromatic nitrogens is 1. The van der Waals surface area contributed by atoms with Gasteiger partial charge in [0.2, 0.25) is 0 Å². The summed E-state index contributed by atoms with van der Waals surface area (Å²) in [5, 5.41) is 5.68. The Morgan fingerprint density at radius 3 is 2.87 bits per heavy atom. The average Bonchev–Trinajstić information content (AvgIpc) is 2.61. The maximum atomic E-state index is 11.6. The van der Waals surface area contributed by atoms with Crippen molar-refractivity contribution < 1.29 is 17.9 Å². The van der Waals surface area contributed by atoms with Gasteiger partial charge in [0.25, 0.3) is 0 Å². The summed E-state index contributed by atoms with van der Waals surface area (Å²) in [7, 11) is 0. The highest BCUT2D eigenvalue weighted by molar-refractivity contribution is 7.09. The Labute approximate surface area is 89.3 Å². The van der Waals surface area contributed by atoms with E-state index in [1.807, 2.05) is 5.38 Å². The molecule has 0 bridgehead atoms. The second-order valence-corrected chi connectivity index (χ2v) is 3.75. The second kappa shape index (κ2) is 6.04. The molecule has 0 fully saturated rings. The van der Waals surface area contributed by atoms with Crippen molar-refractivity contribution >= 4 is 11.3 Å². The van der Waals surface area contributed by atoms with Crippen molar-refractivity contribution in [3.63, 3.8) is 0 Å². The van der Waals surface area contributed by atoms with Crippen molar-refractivity contribution in [1.29, 1.82) is 0 Å². The topological polar surface area (TPSA) is 34.1 Å². The third-order valence-corrected chi connectivity index (χ3v) is 2.23.